The lowest BCUT2D eigenvalue weighted by molar-refractivity contribution is -0.139. The third-order valence-electron chi connectivity index (χ3n) is 3.74. The van der Waals surface area contributed by atoms with Gasteiger partial charge in [-0.25, -0.2) is 0 Å². The van der Waals surface area contributed by atoms with E-state index in [1.807, 2.05) is 30.3 Å². The number of carbonyl (C=O) groups excluding carboxylic acids is 1. The molecule has 2 atom stereocenters. The zero-order valence-corrected chi connectivity index (χ0v) is 11.6. The van der Waals surface area contributed by atoms with Crippen LogP contribution >= 0.6 is 0 Å². The van der Waals surface area contributed by atoms with Crippen LogP contribution in [0, 0.1) is 0 Å². The number of nitrogens with zero attached hydrogens (tertiary/aromatic N) is 1. The first-order chi connectivity index (χ1) is 9.58. The van der Waals surface area contributed by atoms with Crippen molar-refractivity contribution in [2.24, 2.45) is 0 Å². The first kappa shape index (κ1) is 14.5. The summed E-state index contributed by atoms with van der Waals surface area (Å²) in [5.41, 5.74) is 0.799. The molecule has 5 heteroatoms. The minimum Gasteiger partial charge on any atom is -0.481 e. The van der Waals surface area contributed by atoms with E-state index in [2.05, 4.69) is 5.32 Å². The lowest BCUT2D eigenvalue weighted by Gasteiger charge is -2.31. The average molecular weight is 276 g/mol. The summed E-state index contributed by atoms with van der Waals surface area (Å²) in [4.78, 5) is 24.5. The minimum atomic E-state index is -0.830. The van der Waals surface area contributed by atoms with Gasteiger partial charge in [0.15, 0.2) is 0 Å². The van der Waals surface area contributed by atoms with Gasteiger partial charge in [0.1, 0.15) is 0 Å². The maximum Gasteiger partial charge on any atom is 0.312 e. The summed E-state index contributed by atoms with van der Waals surface area (Å²) >= 11 is 0. The minimum absolute atomic E-state index is 0.154. The number of carbonyl (C=O) groups is 2. The Morgan fingerprint density at radius 3 is 2.75 bits per heavy atom. The number of rotatable bonds is 5. The summed E-state index contributed by atoms with van der Waals surface area (Å²) in [6.45, 7) is 1.02. The molecule has 1 aromatic carbocycles. The van der Waals surface area contributed by atoms with Gasteiger partial charge in [-0.05, 0) is 12.0 Å². The lowest BCUT2D eigenvalue weighted by atomic mass is 9.98. The van der Waals surface area contributed by atoms with Gasteiger partial charge in [0.2, 0.25) is 5.91 Å². The molecular weight excluding hydrogens is 256 g/mol. The van der Waals surface area contributed by atoms with E-state index in [1.165, 1.54) is 0 Å². The molecule has 1 heterocycles. The Hall–Kier alpha value is -1.88. The second kappa shape index (κ2) is 6.52. The van der Waals surface area contributed by atoms with Gasteiger partial charge in [-0.2, -0.15) is 0 Å². The first-order valence-corrected chi connectivity index (χ1v) is 6.83. The van der Waals surface area contributed by atoms with Crippen LogP contribution < -0.4 is 5.32 Å². The van der Waals surface area contributed by atoms with Gasteiger partial charge in [-0.15, -0.1) is 0 Å². The highest BCUT2D eigenvalue weighted by Crippen LogP contribution is 2.16. The fraction of sp³-hybridized carbons (Fsp3) is 0.467. The van der Waals surface area contributed by atoms with Crippen LogP contribution in [0.1, 0.15) is 24.3 Å². The van der Waals surface area contributed by atoms with Crippen LogP contribution in [-0.4, -0.2) is 48.1 Å². The normalized spacial score (nSPS) is 20.8. The third-order valence-corrected chi connectivity index (χ3v) is 3.74. The Labute approximate surface area is 118 Å². The van der Waals surface area contributed by atoms with E-state index >= 15 is 0 Å². The van der Waals surface area contributed by atoms with E-state index in [1.54, 1.807) is 11.9 Å². The lowest BCUT2D eigenvalue weighted by Crippen LogP contribution is -2.47. The number of amides is 1. The summed E-state index contributed by atoms with van der Waals surface area (Å²) in [5, 5.41) is 12.6. The van der Waals surface area contributed by atoms with E-state index < -0.39 is 11.9 Å². The number of benzene rings is 1. The number of carboxylic acids is 1. The van der Waals surface area contributed by atoms with Crippen LogP contribution in [0.4, 0.5) is 0 Å². The number of carboxylic acid groups (broad SMARTS) is 1. The molecule has 1 fully saturated rings. The van der Waals surface area contributed by atoms with Crippen LogP contribution in [0.5, 0.6) is 0 Å². The Balaban J connectivity index is 1.93. The van der Waals surface area contributed by atoms with Gasteiger partial charge < -0.3 is 15.3 Å². The zero-order chi connectivity index (χ0) is 14.5. The first-order valence-electron chi connectivity index (χ1n) is 6.83. The molecule has 1 aliphatic rings. The predicted octanol–water partition coefficient (Wildman–Crippen LogP) is 1.07. The second-order valence-electron chi connectivity index (χ2n) is 5.22. The van der Waals surface area contributed by atoms with Gasteiger partial charge in [-0.3, -0.25) is 9.59 Å². The zero-order valence-electron chi connectivity index (χ0n) is 11.6. The van der Waals surface area contributed by atoms with Gasteiger partial charge in [0.05, 0.1) is 5.92 Å². The van der Waals surface area contributed by atoms with E-state index in [4.69, 9.17) is 0 Å². The summed E-state index contributed by atoms with van der Waals surface area (Å²) < 4.78 is 0. The highest BCUT2D eigenvalue weighted by molar-refractivity contribution is 5.77. The van der Waals surface area contributed by atoms with Crippen molar-refractivity contribution in [2.45, 2.75) is 24.8 Å². The largest absolute Gasteiger partial charge is 0.481 e. The average Bonchev–Trinajstić information content (AvgIpc) is 2.44. The molecule has 5 nitrogen and oxygen atoms in total. The predicted molar refractivity (Wildman–Crippen MR) is 75.5 cm³/mol. The standard InChI is InChI=1S/C15H20N2O3/c1-17-10-12(7-8-14(17)18)16-9-13(15(19)20)11-5-3-2-4-6-11/h2-6,12-13,16H,7-10H2,1H3,(H,19,20). The fourth-order valence-corrected chi connectivity index (χ4v) is 2.50. The molecule has 0 bridgehead atoms. The van der Waals surface area contributed by atoms with Crippen LogP contribution in [0.3, 0.4) is 0 Å². The molecule has 2 N–H and O–H groups in total. The molecule has 0 aromatic heterocycles. The van der Waals surface area contributed by atoms with Crippen molar-refractivity contribution in [3.63, 3.8) is 0 Å². The van der Waals surface area contributed by atoms with E-state index in [0.717, 1.165) is 12.0 Å². The fourth-order valence-electron chi connectivity index (χ4n) is 2.50. The monoisotopic (exact) mass is 276 g/mol. The topological polar surface area (TPSA) is 69.6 Å². The number of aliphatic carboxylic acids is 1. The molecule has 2 unspecified atom stereocenters. The third kappa shape index (κ3) is 3.57. The Morgan fingerprint density at radius 2 is 2.15 bits per heavy atom. The van der Waals surface area contributed by atoms with Crippen LogP contribution in [-0.2, 0) is 9.59 Å². The molecule has 0 spiro atoms. The molecule has 1 amide bonds. The molecule has 1 aliphatic heterocycles. The summed E-state index contributed by atoms with van der Waals surface area (Å²) in [6, 6.07) is 9.39. The molecule has 0 radical (unpaired) electrons. The molecule has 0 aliphatic carbocycles. The van der Waals surface area contributed by atoms with Crippen LogP contribution in [0.25, 0.3) is 0 Å². The summed E-state index contributed by atoms with van der Waals surface area (Å²) in [6.07, 6.45) is 1.29. The SMILES string of the molecule is CN1CC(NCC(C(=O)O)c2ccccc2)CCC1=O. The molecule has 20 heavy (non-hydrogen) atoms. The Bertz CT molecular complexity index is 475. The number of nitrogens with one attached hydrogen (secondary N) is 1. The Morgan fingerprint density at radius 1 is 1.45 bits per heavy atom. The van der Waals surface area contributed by atoms with Crippen molar-refractivity contribution in [1.82, 2.24) is 10.2 Å². The van der Waals surface area contributed by atoms with Gasteiger partial charge >= 0.3 is 5.97 Å². The number of likely N-dealkylation sites (tertiary alicyclic amines) is 1. The van der Waals surface area contributed by atoms with Crippen molar-refractivity contribution < 1.29 is 14.7 Å². The highest BCUT2D eigenvalue weighted by atomic mass is 16.4. The van der Waals surface area contributed by atoms with Crippen molar-refractivity contribution in [3.05, 3.63) is 35.9 Å². The van der Waals surface area contributed by atoms with Crippen molar-refractivity contribution in [3.8, 4) is 0 Å². The number of hydrogen-bond acceptors (Lipinski definition) is 3. The second-order valence-corrected chi connectivity index (χ2v) is 5.22. The maximum absolute atomic E-state index is 11.4. The molecule has 0 saturated carbocycles. The Kier molecular flexibility index (Phi) is 4.74. The maximum atomic E-state index is 11.4. The quantitative estimate of drug-likeness (QED) is 0.844. The number of piperidine rings is 1. The summed E-state index contributed by atoms with van der Waals surface area (Å²) in [5.74, 6) is -1.23. The van der Waals surface area contributed by atoms with Gasteiger partial charge in [0.25, 0.3) is 0 Å². The molecule has 108 valence electrons. The van der Waals surface area contributed by atoms with Crippen LogP contribution in [0.2, 0.25) is 0 Å². The molecular formula is C15H20N2O3. The number of likely N-dealkylation sites (N-methyl/N-ethyl adjacent to an activating group) is 1. The van der Waals surface area contributed by atoms with E-state index in [-0.39, 0.29) is 11.9 Å². The molecule has 1 saturated heterocycles. The van der Waals surface area contributed by atoms with E-state index in [0.29, 0.717) is 19.5 Å². The van der Waals surface area contributed by atoms with Crippen molar-refractivity contribution in [1.29, 1.82) is 0 Å². The van der Waals surface area contributed by atoms with Gasteiger partial charge in [-0.1, -0.05) is 30.3 Å². The van der Waals surface area contributed by atoms with Crippen molar-refractivity contribution in [2.75, 3.05) is 20.1 Å². The number of hydrogen-bond donors (Lipinski definition) is 2. The van der Waals surface area contributed by atoms with Crippen LogP contribution in [0.15, 0.2) is 30.3 Å². The molecule has 2 rings (SSSR count). The highest BCUT2D eigenvalue weighted by Gasteiger charge is 2.25. The van der Waals surface area contributed by atoms with Gasteiger partial charge in [0, 0.05) is 32.6 Å². The summed E-state index contributed by atoms with van der Waals surface area (Å²) in [7, 11) is 1.78. The van der Waals surface area contributed by atoms with Crippen molar-refractivity contribution >= 4 is 11.9 Å². The smallest absolute Gasteiger partial charge is 0.312 e. The van der Waals surface area contributed by atoms with E-state index in [9.17, 15) is 14.7 Å². The molecule has 1 aromatic rings.